The van der Waals surface area contributed by atoms with Gasteiger partial charge in [-0.25, -0.2) is 4.79 Å². The third kappa shape index (κ3) is 13.1. The molecule has 0 heterocycles. The van der Waals surface area contributed by atoms with Crippen LogP contribution in [0.4, 0.5) is 0 Å². The van der Waals surface area contributed by atoms with Crippen LogP contribution in [0, 0.1) is 0 Å². The Morgan fingerprint density at radius 2 is 1.61 bits per heavy atom. The number of carbonyl (C=O) groups is 1. The Bertz CT molecular complexity index is 312. The van der Waals surface area contributed by atoms with Crippen molar-refractivity contribution in [2.24, 2.45) is 0 Å². The Morgan fingerprint density at radius 1 is 0.957 bits per heavy atom. The first kappa shape index (κ1) is 21.9. The number of unbranched alkanes of at least 4 members (excludes halogenated alkanes) is 4. The molecule has 5 nitrogen and oxygen atoms in total. The van der Waals surface area contributed by atoms with Crippen LogP contribution in [0.1, 0.15) is 66.2 Å². The molecule has 136 valence electrons. The van der Waals surface area contributed by atoms with Gasteiger partial charge in [-0.1, -0.05) is 32.6 Å². The third-order valence-corrected chi connectivity index (χ3v) is 3.33. The Hall–Kier alpha value is -1.07. The summed E-state index contributed by atoms with van der Waals surface area (Å²) in [7, 11) is 0. The molecule has 0 radical (unpaired) electrons. The van der Waals surface area contributed by atoms with Gasteiger partial charge in [-0.05, 0) is 33.6 Å². The van der Waals surface area contributed by atoms with Crippen molar-refractivity contribution < 1.29 is 19.0 Å². The first-order valence-electron chi connectivity index (χ1n) is 9.02. The van der Waals surface area contributed by atoms with E-state index in [2.05, 4.69) is 12.2 Å². The summed E-state index contributed by atoms with van der Waals surface area (Å²) in [5.74, 6) is -0.298. The Balaban J connectivity index is 4.42. The minimum Gasteiger partial charge on any atom is -0.463 e. The summed E-state index contributed by atoms with van der Waals surface area (Å²) in [6.07, 6.45) is 8.07. The van der Waals surface area contributed by atoms with Gasteiger partial charge in [0, 0.05) is 25.0 Å². The number of hydrogen-bond donors (Lipinski definition) is 1. The van der Waals surface area contributed by atoms with Crippen molar-refractivity contribution in [2.75, 3.05) is 26.4 Å². The fourth-order valence-corrected chi connectivity index (χ4v) is 2.21. The summed E-state index contributed by atoms with van der Waals surface area (Å²) in [5, 5.41) is 3.28. The molecule has 0 aliphatic heterocycles. The summed E-state index contributed by atoms with van der Waals surface area (Å²) < 4.78 is 16.0. The quantitative estimate of drug-likeness (QED) is 0.214. The zero-order chi connectivity index (χ0) is 17.3. The van der Waals surface area contributed by atoms with Gasteiger partial charge in [-0.15, -0.1) is 0 Å². The molecular weight excluding hydrogens is 294 g/mol. The predicted octanol–water partition coefficient (Wildman–Crippen LogP) is 3.78. The predicted molar refractivity (Wildman–Crippen MR) is 93.1 cm³/mol. The van der Waals surface area contributed by atoms with Crippen molar-refractivity contribution >= 4 is 5.97 Å². The second-order valence-electron chi connectivity index (χ2n) is 5.31. The van der Waals surface area contributed by atoms with Gasteiger partial charge in [0.2, 0.25) is 0 Å². The molecule has 0 aromatic carbocycles. The molecule has 0 aromatic rings. The van der Waals surface area contributed by atoms with Crippen molar-refractivity contribution in [3.8, 4) is 0 Å². The first-order chi connectivity index (χ1) is 11.2. The molecule has 0 amide bonds. The lowest BCUT2D eigenvalue weighted by molar-refractivity contribution is -0.137. The van der Waals surface area contributed by atoms with E-state index in [-0.39, 0.29) is 12.3 Å². The van der Waals surface area contributed by atoms with E-state index in [4.69, 9.17) is 14.2 Å². The van der Waals surface area contributed by atoms with Crippen LogP contribution in [0.25, 0.3) is 0 Å². The van der Waals surface area contributed by atoms with E-state index in [0.717, 1.165) is 18.5 Å². The van der Waals surface area contributed by atoms with Crippen LogP contribution in [0.15, 0.2) is 11.8 Å². The maximum Gasteiger partial charge on any atom is 0.332 e. The van der Waals surface area contributed by atoms with Crippen molar-refractivity contribution in [1.29, 1.82) is 0 Å². The highest BCUT2D eigenvalue weighted by atomic mass is 16.7. The number of hydrogen-bond acceptors (Lipinski definition) is 5. The molecule has 0 rings (SSSR count). The van der Waals surface area contributed by atoms with E-state index in [9.17, 15) is 4.79 Å². The van der Waals surface area contributed by atoms with E-state index in [1.807, 2.05) is 20.8 Å². The van der Waals surface area contributed by atoms with Crippen LogP contribution in [0.3, 0.4) is 0 Å². The van der Waals surface area contributed by atoms with Crippen molar-refractivity contribution in [1.82, 2.24) is 5.32 Å². The van der Waals surface area contributed by atoms with E-state index in [1.54, 1.807) is 6.08 Å². The van der Waals surface area contributed by atoms with Gasteiger partial charge < -0.3 is 19.5 Å². The molecule has 23 heavy (non-hydrogen) atoms. The zero-order valence-electron chi connectivity index (χ0n) is 15.4. The molecule has 1 N–H and O–H groups in total. The second kappa shape index (κ2) is 15.8. The average Bonchev–Trinajstić information content (AvgIpc) is 2.52. The van der Waals surface area contributed by atoms with E-state index in [1.165, 1.54) is 25.7 Å². The van der Waals surface area contributed by atoms with Crippen LogP contribution in [0.2, 0.25) is 0 Å². The fourth-order valence-electron chi connectivity index (χ4n) is 2.21. The molecule has 0 unspecified atom stereocenters. The lowest BCUT2D eigenvalue weighted by atomic mass is 10.1. The molecular formula is C18H35NO4. The van der Waals surface area contributed by atoms with E-state index >= 15 is 0 Å². The second-order valence-corrected chi connectivity index (χ2v) is 5.31. The van der Waals surface area contributed by atoms with Gasteiger partial charge in [0.1, 0.15) is 0 Å². The number of nitrogens with one attached hydrogen (secondary N) is 1. The van der Waals surface area contributed by atoms with Crippen LogP contribution >= 0.6 is 0 Å². The van der Waals surface area contributed by atoms with Gasteiger partial charge in [0.05, 0.1) is 13.2 Å². The van der Waals surface area contributed by atoms with Crippen LogP contribution in [0.5, 0.6) is 0 Å². The van der Waals surface area contributed by atoms with Crippen LogP contribution < -0.4 is 5.32 Å². The minimum absolute atomic E-state index is 0.296. The SMILES string of the molecule is CCCCCCC/C(=C\C(=O)OCC)NCC(OCC)OCC. The topological polar surface area (TPSA) is 56.8 Å². The number of carbonyl (C=O) groups excluding carboxylic acids is 1. The highest BCUT2D eigenvalue weighted by molar-refractivity contribution is 5.82. The summed E-state index contributed by atoms with van der Waals surface area (Å²) in [6.45, 7) is 10.0. The normalized spacial score (nSPS) is 11.8. The monoisotopic (exact) mass is 329 g/mol. The highest BCUT2D eigenvalue weighted by Crippen LogP contribution is 2.10. The van der Waals surface area contributed by atoms with Gasteiger partial charge in [-0.3, -0.25) is 0 Å². The van der Waals surface area contributed by atoms with Crippen molar-refractivity contribution in [2.45, 2.75) is 72.5 Å². The van der Waals surface area contributed by atoms with Gasteiger partial charge in [0.25, 0.3) is 0 Å². The van der Waals surface area contributed by atoms with Crippen LogP contribution in [-0.2, 0) is 19.0 Å². The van der Waals surface area contributed by atoms with Gasteiger partial charge >= 0.3 is 5.97 Å². The average molecular weight is 329 g/mol. The van der Waals surface area contributed by atoms with Crippen LogP contribution in [-0.4, -0.2) is 38.6 Å². The number of allylic oxidation sites excluding steroid dienone is 1. The molecule has 0 aromatic heterocycles. The molecule has 0 bridgehead atoms. The smallest absolute Gasteiger partial charge is 0.332 e. The van der Waals surface area contributed by atoms with Crippen molar-refractivity contribution in [3.63, 3.8) is 0 Å². The van der Waals surface area contributed by atoms with Gasteiger partial charge in [0.15, 0.2) is 6.29 Å². The molecule has 0 fully saturated rings. The molecule has 0 aliphatic rings. The summed E-state index contributed by atoms with van der Waals surface area (Å²) in [6, 6.07) is 0. The standard InChI is InChI=1S/C18H35NO4/c1-5-9-10-11-12-13-16(14-17(20)21-6-2)19-15-18(22-7-3)23-8-4/h14,18-19H,5-13,15H2,1-4H3/b16-14+. The van der Waals surface area contributed by atoms with Crippen molar-refractivity contribution in [3.05, 3.63) is 11.8 Å². The number of ether oxygens (including phenoxy) is 3. The lowest BCUT2D eigenvalue weighted by Gasteiger charge is -2.19. The summed E-state index contributed by atoms with van der Waals surface area (Å²) >= 11 is 0. The Morgan fingerprint density at radius 3 is 2.17 bits per heavy atom. The molecule has 0 saturated carbocycles. The Labute approximate surface area is 141 Å². The summed E-state index contributed by atoms with van der Waals surface area (Å²) in [5.41, 5.74) is 0.893. The molecule has 0 spiro atoms. The maximum absolute atomic E-state index is 11.7. The number of rotatable bonds is 15. The minimum atomic E-state index is -0.298. The molecule has 0 aliphatic carbocycles. The van der Waals surface area contributed by atoms with Gasteiger partial charge in [-0.2, -0.15) is 0 Å². The zero-order valence-corrected chi connectivity index (χ0v) is 15.4. The largest absolute Gasteiger partial charge is 0.463 e. The lowest BCUT2D eigenvalue weighted by Crippen LogP contribution is -2.31. The number of esters is 1. The van der Waals surface area contributed by atoms with E-state index < -0.39 is 0 Å². The maximum atomic E-state index is 11.7. The highest BCUT2D eigenvalue weighted by Gasteiger charge is 2.09. The third-order valence-electron chi connectivity index (χ3n) is 3.33. The Kier molecular flexibility index (Phi) is 15.1. The first-order valence-corrected chi connectivity index (χ1v) is 9.02. The fraction of sp³-hybridized carbons (Fsp3) is 0.833. The molecule has 0 atom stereocenters. The van der Waals surface area contributed by atoms with E-state index in [0.29, 0.717) is 26.4 Å². The summed E-state index contributed by atoms with van der Waals surface area (Å²) in [4.78, 5) is 11.7. The molecule has 5 heteroatoms. The molecule has 0 saturated heterocycles.